The molecule has 0 bridgehead atoms. The second-order valence-corrected chi connectivity index (χ2v) is 10.7. The van der Waals surface area contributed by atoms with E-state index in [4.69, 9.17) is 11.6 Å². The number of fused-ring (bicyclic) bond motifs is 5. The molecule has 5 atom stereocenters. The number of nitrogens with one attached hydrogen (secondary N) is 1. The number of carbonyl (C=O) groups excluding carboxylic acids is 1. The molecule has 3 aliphatic rings. The molecule has 0 unspecified atom stereocenters. The summed E-state index contributed by atoms with van der Waals surface area (Å²) < 4.78 is 0. The smallest absolute Gasteiger partial charge is 0.221 e. The van der Waals surface area contributed by atoms with Crippen molar-refractivity contribution in [2.24, 2.45) is 17.3 Å². The molecule has 1 amide bonds. The van der Waals surface area contributed by atoms with E-state index in [2.05, 4.69) is 30.1 Å². The Morgan fingerprint density at radius 1 is 1.18 bits per heavy atom. The fourth-order valence-electron chi connectivity index (χ4n) is 6.63. The molecule has 0 aliphatic heterocycles. The van der Waals surface area contributed by atoms with Gasteiger partial charge in [-0.2, -0.15) is 0 Å². The zero-order valence-electron chi connectivity index (χ0n) is 19.6. The summed E-state index contributed by atoms with van der Waals surface area (Å²) in [4.78, 5) is 11.3. The van der Waals surface area contributed by atoms with Gasteiger partial charge in [-0.25, -0.2) is 0 Å². The lowest BCUT2D eigenvalue weighted by Gasteiger charge is -2.58. The number of allylic oxidation sites excluding steroid dienone is 1. The zero-order chi connectivity index (χ0) is 24.1. The molecule has 0 heterocycles. The molecule has 5 rings (SSSR count). The molecule has 0 spiro atoms. The van der Waals surface area contributed by atoms with Crippen molar-refractivity contribution < 1.29 is 15.0 Å². The fourth-order valence-corrected chi connectivity index (χ4v) is 6.98. The highest BCUT2D eigenvalue weighted by molar-refractivity contribution is 6.31. The molecule has 0 radical (unpaired) electrons. The monoisotopic (exact) mass is 475 g/mol. The van der Waals surface area contributed by atoms with Crippen LogP contribution in [0.3, 0.4) is 0 Å². The Morgan fingerprint density at radius 2 is 1.94 bits per heavy atom. The van der Waals surface area contributed by atoms with Crippen LogP contribution in [-0.4, -0.2) is 21.7 Å². The largest absolute Gasteiger partial charge is 0.508 e. The average Bonchev–Trinajstić information content (AvgIpc) is 2.81. The van der Waals surface area contributed by atoms with Gasteiger partial charge in [0.2, 0.25) is 5.91 Å². The number of phenols is 1. The van der Waals surface area contributed by atoms with Crippen LogP contribution in [0.25, 0.3) is 0 Å². The first-order valence-electron chi connectivity index (χ1n) is 12.0. The Hall–Kier alpha value is -2.74. The number of hydrogen-bond acceptors (Lipinski definition) is 3. The first-order chi connectivity index (χ1) is 16.2. The third kappa shape index (κ3) is 3.72. The molecule has 3 N–H and O–H groups in total. The number of aromatic hydroxyl groups is 1. The SMILES string of the molecule is CC(=O)Nc1ccc(C#C[C@]2(O)C(Cl)=CC[C@H]3[C@@H]4CCc5cc(O)ccc5[C@H]4CC[C@@]32C)cc1. The van der Waals surface area contributed by atoms with Crippen LogP contribution in [0.2, 0.25) is 0 Å². The van der Waals surface area contributed by atoms with E-state index in [0.717, 1.165) is 37.7 Å². The molecular weight excluding hydrogens is 446 g/mol. The van der Waals surface area contributed by atoms with E-state index in [0.29, 0.717) is 28.3 Å². The number of aryl methyl sites for hydroxylation is 1. The first-order valence-corrected chi connectivity index (χ1v) is 12.4. The van der Waals surface area contributed by atoms with Gasteiger partial charge in [-0.15, -0.1) is 0 Å². The molecular formula is C29H30ClNO3. The minimum Gasteiger partial charge on any atom is -0.508 e. The minimum atomic E-state index is -1.41. The summed E-state index contributed by atoms with van der Waals surface area (Å²) in [5.41, 5.74) is 2.23. The molecule has 176 valence electrons. The van der Waals surface area contributed by atoms with E-state index in [-0.39, 0.29) is 11.8 Å². The van der Waals surface area contributed by atoms with Crippen LogP contribution in [0.15, 0.2) is 53.6 Å². The standard InChI is InChI=1S/C29H30ClNO3/c1-18(32)31-21-6-3-19(4-7-21)13-16-29(34)27(30)12-11-26-25-9-5-20-17-22(33)8-10-23(20)24(25)14-15-28(26,29)2/h3-4,6-8,10,12,17,24-26,33-34H,5,9,11,14-15H2,1-2H3,(H,31,32)/t24-,25-,26+,28+,29+/m1/s1. The molecule has 4 nitrogen and oxygen atoms in total. The van der Waals surface area contributed by atoms with Crippen molar-refractivity contribution in [1.82, 2.24) is 0 Å². The molecule has 0 aromatic heterocycles. The summed E-state index contributed by atoms with van der Waals surface area (Å²) in [5, 5.41) is 25.1. The van der Waals surface area contributed by atoms with Crippen LogP contribution in [-0.2, 0) is 11.2 Å². The van der Waals surface area contributed by atoms with E-state index in [1.165, 1.54) is 18.1 Å². The number of benzene rings is 2. The van der Waals surface area contributed by atoms with Gasteiger partial charge < -0.3 is 15.5 Å². The number of rotatable bonds is 1. The molecule has 5 heteroatoms. The maximum atomic E-state index is 12.0. The van der Waals surface area contributed by atoms with Gasteiger partial charge in [0.15, 0.2) is 5.60 Å². The maximum absolute atomic E-state index is 12.0. The number of aliphatic hydroxyl groups is 1. The summed E-state index contributed by atoms with van der Waals surface area (Å²) in [5.74, 6) is 7.69. The van der Waals surface area contributed by atoms with E-state index >= 15 is 0 Å². The molecule has 0 saturated heterocycles. The van der Waals surface area contributed by atoms with Gasteiger partial charge >= 0.3 is 0 Å². The van der Waals surface area contributed by atoms with Crippen LogP contribution < -0.4 is 5.32 Å². The Balaban J connectivity index is 1.46. The summed E-state index contributed by atoms with van der Waals surface area (Å²) in [6.45, 7) is 3.63. The molecule has 2 aromatic rings. The van der Waals surface area contributed by atoms with Crippen molar-refractivity contribution in [3.8, 4) is 17.6 Å². The molecule has 3 aliphatic carbocycles. The van der Waals surface area contributed by atoms with E-state index in [1.54, 1.807) is 18.2 Å². The fraction of sp³-hybridized carbons (Fsp3) is 0.414. The van der Waals surface area contributed by atoms with Crippen LogP contribution in [0.1, 0.15) is 62.1 Å². The van der Waals surface area contributed by atoms with Crippen molar-refractivity contribution in [3.63, 3.8) is 0 Å². The lowest BCUT2D eigenvalue weighted by molar-refractivity contribution is -0.114. The summed E-state index contributed by atoms with van der Waals surface area (Å²) in [7, 11) is 0. The zero-order valence-corrected chi connectivity index (χ0v) is 20.3. The van der Waals surface area contributed by atoms with Crippen LogP contribution >= 0.6 is 11.6 Å². The summed E-state index contributed by atoms with van der Waals surface area (Å²) in [6, 6.07) is 13.1. The third-order valence-electron chi connectivity index (χ3n) is 8.42. The van der Waals surface area contributed by atoms with Crippen molar-refractivity contribution in [1.29, 1.82) is 0 Å². The van der Waals surface area contributed by atoms with Crippen LogP contribution in [0.5, 0.6) is 5.75 Å². The van der Waals surface area contributed by atoms with Gasteiger partial charge in [-0.05, 0) is 97.4 Å². The number of phenolic OH excluding ortho intramolecular Hbond substituents is 1. The number of anilines is 1. The molecule has 1 fully saturated rings. The highest BCUT2D eigenvalue weighted by atomic mass is 35.5. The molecule has 34 heavy (non-hydrogen) atoms. The van der Waals surface area contributed by atoms with Gasteiger partial charge in [0.05, 0.1) is 5.03 Å². The summed E-state index contributed by atoms with van der Waals surface area (Å²) in [6.07, 6.45) is 6.60. The predicted octanol–water partition coefficient (Wildman–Crippen LogP) is 5.72. The quantitative estimate of drug-likeness (QED) is 0.462. The van der Waals surface area contributed by atoms with Crippen molar-refractivity contribution in [2.45, 2.75) is 57.5 Å². The highest BCUT2D eigenvalue weighted by Crippen LogP contribution is 2.62. The topological polar surface area (TPSA) is 69.6 Å². The van der Waals surface area contributed by atoms with Crippen molar-refractivity contribution >= 4 is 23.2 Å². The van der Waals surface area contributed by atoms with Gasteiger partial charge in [-0.1, -0.05) is 42.5 Å². The van der Waals surface area contributed by atoms with Crippen molar-refractivity contribution in [3.05, 3.63) is 70.3 Å². The van der Waals surface area contributed by atoms with Gasteiger partial charge in [0.1, 0.15) is 5.75 Å². The molecule has 1 saturated carbocycles. The van der Waals surface area contributed by atoms with Gasteiger partial charge in [-0.3, -0.25) is 4.79 Å². The second-order valence-electron chi connectivity index (χ2n) is 10.3. The minimum absolute atomic E-state index is 0.121. The number of hydrogen-bond donors (Lipinski definition) is 3. The van der Waals surface area contributed by atoms with E-state index in [1.807, 2.05) is 24.3 Å². The Kier molecular flexibility index (Phi) is 5.74. The third-order valence-corrected chi connectivity index (χ3v) is 8.84. The average molecular weight is 476 g/mol. The Labute approximate surface area is 206 Å². The first kappa shape index (κ1) is 23.0. The maximum Gasteiger partial charge on any atom is 0.221 e. The predicted molar refractivity (Wildman–Crippen MR) is 135 cm³/mol. The number of amides is 1. The highest BCUT2D eigenvalue weighted by Gasteiger charge is 2.60. The van der Waals surface area contributed by atoms with E-state index < -0.39 is 11.0 Å². The Bertz CT molecular complexity index is 1220. The van der Waals surface area contributed by atoms with Crippen LogP contribution in [0.4, 0.5) is 5.69 Å². The summed E-state index contributed by atoms with van der Waals surface area (Å²) >= 11 is 6.69. The Morgan fingerprint density at radius 3 is 2.68 bits per heavy atom. The second kappa shape index (κ2) is 8.48. The lowest BCUT2D eigenvalue weighted by Crippen LogP contribution is -2.57. The number of halogens is 1. The van der Waals surface area contributed by atoms with E-state index in [9.17, 15) is 15.0 Å². The normalized spacial score (nSPS) is 31.6. The van der Waals surface area contributed by atoms with Crippen LogP contribution in [0, 0.1) is 29.1 Å². The van der Waals surface area contributed by atoms with Gasteiger partial charge in [0, 0.05) is 23.6 Å². The number of carbonyl (C=O) groups is 1. The van der Waals surface area contributed by atoms with Crippen molar-refractivity contribution in [2.75, 3.05) is 5.32 Å². The molecule has 2 aromatic carbocycles. The lowest BCUT2D eigenvalue weighted by atomic mass is 9.48. The van der Waals surface area contributed by atoms with Gasteiger partial charge in [0.25, 0.3) is 0 Å².